The fourth-order valence-corrected chi connectivity index (χ4v) is 4.12. The van der Waals surface area contributed by atoms with Gasteiger partial charge in [-0.1, -0.05) is 30.3 Å². The summed E-state index contributed by atoms with van der Waals surface area (Å²) in [6.45, 7) is 5.99. The minimum absolute atomic E-state index is 0.243. The van der Waals surface area contributed by atoms with E-state index in [1.807, 2.05) is 48.5 Å². The number of benzene rings is 2. The van der Waals surface area contributed by atoms with Crippen molar-refractivity contribution in [1.29, 1.82) is 0 Å². The average molecular weight is 405 g/mol. The number of rotatable bonds is 10. The largest absolute Gasteiger partial charge is 0.497 e. The standard InChI is InChI=1S/C21H28N2O4S/c1-6-17(2)22(3)28(24,25)23(15-18-7-11-20(26-4)12-8-18)16-19-9-13-21(27-5)14-10-19/h6-14,17H,1,15-16H2,2-5H3/t17-/m0/s1. The van der Waals surface area contributed by atoms with Crippen molar-refractivity contribution in [3.8, 4) is 11.5 Å². The molecule has 0 radical (unpaired) electrons. The lowest BCUT2D eigenvalue weighted by Gasteiger charge is -2.30. The Morgan fingerprint density at radius 3 is 1.64 bits per heavy atom. The van der Waals surface area contributed by atoms with Crippen LogP contribution in [-0.2, 0) is 23.3 Å². The van der Waals surface area contributed by atoms with E-state index in [0.29, 0.717) is 0 Å². The summed E-state index contributed by atoms with van der Waals surface area (Å²) >= 11 is 0. The number of ether oxygens (including phenoxy) is 2. The molecule has 6 nitrogen and oxygen atoms in total. The molecular weight excluding hydrogens is 376 g/mol. The Labute approximate surface area is 168 Å². The SMILES string of the molecule is C=C[C@H](C)N(C)S(=O)(=O)N(Cc1ccc(OC)cc1)Cc1ccc(OC)cc1. The number of hydrogen-bond donors (Lipinski definition) is 0. The molecule has 0 fully saturated rings. The summed E-state index contributed by atoms with van der Waals surface area (Å²) in [6, 6.07) is 14.4. The van der Waals surface area contributed by atoms with Gasteiger partial charge in [0.15, 0.2) is 0 Å². The minimum Gasteiger partial charge on any atom is -0.497 e. The van der Waals surface area contributed by atoms with Crippen molar-refractivity contribution in [2.75, 3.05) is 21.3 Å². The molecule has 2 aromatic carbocycles. The molecule has 1 atom stereocenters. The van der Waals surface area contributed by atoms with E-state index in [1.165, 1.54) is 8.61 Å². The molecule has 0 bridgehead atoms. The zero-order valence-electron chi connectivity index (χ0n) is 16.8. The molecule has 0 aromatic heterocycles. The first-order chi connectivity index (χ1) is 13.3. The van der Waals surface area contributed by atoms with Crippen LogP contribution < -0.4 is 9.47 Å². The van der Waals surface area contributed by atoms with Crippen molar-refractivity contribution in [2.45, 2.75) is 26.1 Å². The smallest absolute Gasteiger partial charge is 0.282 e. The van der Waals surface area contributed by atoms with Crippen LogP contribution in [0.5, 0.6) is 11.5 Å². The summed E-state index contributed by atoms with van der Waals surface area (Å²) in [5, 5.41) is 0. The van der Waals surface area contributed by atoms with E-state index in [4.69, 9.17) is 9.47 Å². The molecule has 7 heteroatoms. The monoisotopic (exact) mass is 404 g/mol. The Bertz CT molecular complexity index is 815. The van der Waals surface area contributed by atoms with Gasteiger partial charge in [-0.2, -0.15) is 17.0 Å². The fraction of sp³-hybridized carbons (Fsp3) is 0.333. The van der Waals surface area contributed by atoms with Gasteiger partial charge >= 0.3 is 0 Å². The molecule has 0 aliphatic heterocycles. The Kier molecular flexibility index (Phi) is 7.62. The van der Waals surface area contributed by atoms with Gasteiger partial charge in [-0.15, -0.1) is 6.58 Å². The van der Waals surface area contributed by atoms with Crippen LogP contribution in [0.2, 0.25) is 0 Å². The fourth-order valence-electron chi connectivity index (χ4n) is 2.63. The predicted octanol–water partition coefficient (Wildman–Crippen LogP) is 3.46. The van der Waals surface area contributed by atoms with Gasteiger partial charge in [-0.3, -0.25) is 0 Å². The summed E-state index contributed by atoms with van der Waals surface area (Å²) in [5.74, 6) is 1.46. The Balaban J connectivity index is 2.33. The van der Waals surface area contributed by atoms with Crippen LogP contribution in [-0.4, -0.2) is 44.3 Å². The summed E-state index contributed by atoms with van der Waals surface area (Å²) in [4.78, 5) is 0. The maximum absolute atomic E-state index is 13.2. The normalized spacial score (nSPS) is 12.8. The third-order valence-electron chi connectivity index (χ3n) is 4.64. The number of hydrogen-bond acceptors (Lipinski definition) is 4. The first-order valence-electron chi connectivity index (χ1n) is 8.93. The van der Waals surface area contributed by atoms with Crippen LogP contribution in [0.4, 0.5) is 0 Å². The van der Waals surface area contributed by atoms with Gasteiger partial charge in [-0.05, 0) is 42.3 Å². The second-order valence-corrected chi connectivity index (χ2v) is 8.45. The summed E-state index contributed by atoms with van der Waals surface area (Å²) in [7, 11) is 1.06. The highest BCUT2D eigenvalue weighted by Gasteiger charge is 2.29. The molecule has 2 aromatic rings. The van der Waals surface area contributed by atoms with Crippen LogP contribution in [0.3, 0.4) is 0 Å². The summed E-state index contributed by atoms with van der Waals surface area (Å²) in [5.41, 5.74) is 1.75. The van der Waals surface area contributed by atoms with Crippen molar-refractivity contribution >= 4 is 10.2 Å². The maximum atomic E-state index is 13.2. The number of methoxy groups -OCH3 is 2. The van der Waals surface area contributed by atoms with E-state index in [1.54, 1.807) is 34.3 Å². The van der Waals surface area contributed by atoms with Crippen LogP contribution in [0.15, 0.2) is 61.2 Å². The topological polar surface area (TPSA) is 59.1 Å². The van der Waals surface area contributed by atoms with Gasteiger partial charge in [-0.25, -0.2) is 0 Å². The average Bonchev–Trinajstić information content (AvgIpc) is 2.73. The Morgan fingerprint density at radius 1 is 0.929 bits per heavy atom. The first kappa shape index (κ1) is 21.9. The van der Waals surface area contributed by atoms with Crippen molar-refractivity contribution in [1.82, 2.24) is 8.61 Å². The number of nitrogens with zero attached hydrogens (tertiary/aromatic N) is 2. The van der Waals surface area contributed by atoms with Gasteiger partial charge in [0.25, 0.3) is 10.2 Å². The molecule has 0 N–H and O–H groups in total. The van der Waals surface area contributed by atoms with Crippen LogP contribution in [0, 0.1) is 0 Å². The quantitative estimate of drug-likeness (QED) is 0.569. The van der Waals surface area contributed by atoms with Crippen LogP contribution >= 0.6 is 0 Å². The van der Waals surface area contributed by atoms with E-state index in [0.717, 1.165) is 22.6 Å². The van der Waals surface area contributed by atoms with Crippen molar-refractivity contribution in [3.05, 3.63) is 72.3 Å². The second kappa shape index (κ2) is 9.73. The molecule has 0 aliphatic rings. The molecular formula is C21H28N2O4S. The van der Waals surface area contributed by atoms with Gasteiger partial charge in [0.05, 0.1) is 14.2 Å². The predicted molar refractivity (Wildman–Crippen MR) is 112 cm³/mol. The molecule has 28 heavy (non-hydrogen) atoms. The summed E-state index contributed by atoms with van der Waals surface area (Å²) < 4.78 is 39.6. The highest BCUT2D eigenvalue weighted by atomic mass is 32.2. The third-order valence-corrected chi connectivity index (χ3v) is 6.61. The van der Waals surface area contributed by atoms with Crippen LogP contribution in [0.1, 0.15) is 18.1 Å². The molecule has 0 saturated carbocycles. The molecule has 2 rings (SSSR count). The van der Waals surface area contributed by atoms with Gasteiger partial charge in [0.2, 0.25) is 0 Å². The zero-order valence-corrected chi connectivity index (χ0v) is 17.6. The molecule has 0 amide bonds. The maximum Gasteiger partial charge on any atom is 0.282 e. The molecule has 0 saturated heterocycles. The van der Waals surface area contributed by atoms with Crippen molar-refractivity contribution in [3.63, 3.8) is 0 Å². The van der Waals surface area contributed by atoms with Crippen molar-refractivity contribution < 1.29 is 17.9 Å². The Morgan fingerprint density at radius 2 is 1.32 bits per heavy atom. The minimum atomic E-state index is -3.71. The molecule has 0 heterocycles. The third kappa shape index (κ3) is 5.34. The first-order valence-corrected chi connectivity index (χ1v) is 10.3. The lowest BCUT2D eigenvalue weighted by molar-refractivity contribution is 0.336. The van der Waals surface area contributed by atoms with Gasteiger partial charge in [0.1, 0.15) is 11.5 Å². The lowest BCUT2D eigenvalue weighted by atomic mass is 10.2. The number of likely N-dealkylation sites (N-methyl/N-ethyl adjacent to an activating group) is 1. The van der Waals surface area contributed by atoms with Crippen LogP contribution in [0.25, 0.3) is 0 Å². The van der Waals surface area contributed by atoms with E-state index in [9.17, 15) is 8.42 Å². The molecule has 0 unspecified atom stereocenters. The highest BCUT2D eigenvalue weighted by molar-refractivity contribution is 7.86. The summed E-state index contributed by atoms with van der Waals surface area (Å²) in [6.07, 6.45) is 1.61. The molecule has 0 aliphatic carbocycles. The lowest BCUT2D eigenvalue weighted by Crippen LogP contribution is -2.44. The molecule has 0 spiro atoms. The highest BCUT2D eigenvalue weighted by Crippen LogP contribution is 2.21. The Hall–Kier alpha value is -2.35. The second-order valence-electron chi connectivity index (χ2n) is 6.46. The van der Waals surface area contributed by atoms with Gasteiger partial charge in [0, 0.05) is 26.2 Å². The van der Waals surface area contributed by atoms with E-state index in [2.05, 4.69) is 6.58 Å². The van der Waals surface area contributed by atoms with E-state index >= 15 is 0 Å². The van der Waals surface area contributed by atoms with E-state index < -0.39 is 10.2 Å². The van der Waals surface area contributed by atoms with Gasteiger partial charge < -0.3 is 9.47 Å². The zero-order chi connectivity index (χ0) is 20.7. The molecule has 152 valence electrons. The van der Waals surface area contributed by atoms with Crippen molar-refractivity contribution in [2.24, 2.45) is 0 Å². The van der Waals surface area contributed by atoms with E-state index in [-0.39, 0.29) is 19.1 Å².